The highest BCUT2D eigenvalue weighted by Crippen LogP contribution is 2.13. The number of ether oxygens (including phenoxy) is 1. The standard InChI is InChI=1S/C11H12B3O2P/c1-4(2)11(15)16-9-5(3)10(17)8(14)6(12)7(9)13/h4H,17H2,1-3H3. The van der Waals surface area contributed by atoms with Gasteiger partial charge in [0.05, 0.1) is 5.92 Å². The molecule has 82 valence electrons. The molecule has 0 fully saturated rings. The van der Waals surface area contributed by atoms with E-state index in [0.717, 1.165) is 0 Å². The highest BCUT2D eigenvalue weighted by Gasteiger charge is 2.17. The number of rotatable bonds is 2. The maximum Gasteiger partial charge on any atom is 0.313 e. The molecule has 6 radical (unpaired) electrons. The van der Waals surface area contributed by atoms with Crippen LogP contribution >= 0.6 is 9.24 Å². The van der Waals surface area contributed by atoms with Gasteiger partial charge in [0.2, 0.25) is 0 Å². The van der Waals surface area contributed by atoms with E-state index < -0.39 is 0 Å². The monoisotopic (exact) mass is 240 g/mol. The Morgan fingerprint density at radius 1 is 1.18 bits per heavy atom. The molecule has 0 N–H and O–H groups in total. The van der Waals surface area contributed by atoms with Crippen LogP contribution in [0.5, 0.6) is 5.75 Å². The van der Waals surface area contributed by atoms with Crippen LogP contribution in [0.2, 0.25) is 0 Å². The molecule has 0 aliphatic rings. The fraction of sp³-hybridized carbons (Fsp3) is 0.364. The Balaban J connectivity index is 3.30. The van der Waals surface area contributed by atoms with E-state index in [0.29, 0.717) is 22.1 Å². The highest BCUT2D eigenvalue weighted by molar-refractivity contribution is 7.28. The topological polar surface area (TPSA) is 26.3 Å². The van der Waals surface area contributed by atoms with Crippen molar-refractivity contribution in [3.05, 3.63) is 5.56 Å². The van der Waals surface area contributed by atoms with Crippen LogP contribution in [0.25, 0.3) is 0 Å². The summed E-state index contributed by atoms with van der Waals surface area (Å²) in [7, 11) is 19.8. The minimum absolute atomic E-state index is 0.209. The van der Waals surface area contributed by atoms with Crippen molar-refractivity contribution in [3.63, 3.8) is 0 Å². The highest BCUT2D eigenvalue weighted by atomic mass is 31.0. The Morgan fingerprint density at radius 2 is 1.71 bits per heavy atom. The molecular weight excluding hydrogens is 228 g/mol. The van der Waals surface area contributed by atoms with E-state index in [9.17, 15) is 4.79 Å². The van der Waals surface area contributed by atoms with Gasteiger partial charge in [0.15, 0.2) is 0 Å². The van der Waals surface area contributed by atoms with E-state index in [2.05, 4.69) is 9.24 Å². The molecule has 1 atom stereocenters. The van der Waals surface area contributed by atoms with Crippen molar-refractivity contribution in [1.82, 2.24) is 0 Å². The lowest BCUT2D eigenvalue weighted by Crippen LogP contribution is -2.47. The molecule has 0 heterocycles. The molecule has 0 saturated carbocycles. The molecule has 17 heavy (non-hydrogen) atoms. The molecule has 0 amide bonds. The van der Waals surface area contributed by atoms with Gasteiger partial charge in [-0.15, -0.1) is 14.7 Å². The maximum atomic E-state index is 11.6. The van der Waals surface area contributed by atoms with Crippen molar-refractivity contribution < 1.29 is 9.53 Å². The number of benzene rings is 1. The van der Waals surface area contributed by atoms with Crippen molar-refractivity contribution in [1.29, 1.82) is 0 Å². The quantitative estimate of drug-likeness (QED) is 0.270. The molecule has 0 bridgehead atoms. The number of hydrogen-bond acceptors (Lipinski definition) is 2. The third kappa shape index (κ3) is 2.77. The van der Waals surface area contributed by atoms with E-state index in [1.54, 1.807) is 20.8 Å². The van der Waals surface area contributed by atoms with Crippen molar-refractivity contribution >= 4 is 60.4 Å². The van der Waals surface area contributed by atoms with Crippen LogP contribution in [0, 0.1) is 12.8 Å². The number of carbonyl (C=O) groups excluding carboxylic acids is 1. The largest absolute Gasteiger partial charge is 0.427 e. The maximum absolute atomic E-state index is 11.6. The second-order valence-electron chi connectivity index (χ2n) is 4.18. The lowest BCUT2D eigenvalue weighted by atomic mass is 9.71. The first-order valence-corrected chi connectivity index (χ1v) is 5.79. The summed E-state index contributed by atoms with van der Waals surface area (Å²) in [4.78, 5) is 11.6. The Bertz CT molecular complexity index is 443. The van der Waals surface area contributed by atoms with E-state index in [-0.39, 0.29) is 22.8 Å². The Hall–Kier alpha value is -0.685. The summed E-state index contributed by atoms with van der Waals surface area (Å²) in [5, 5.41) is 0.697. The first-order chi connectivity index (χ1) is 7.77. The summed E-state index contributed by atoms with van der Waals surface area (Å²) in [5.74, 6) is -0.297. The first kappa shape index (κ1) is 14.4. The molecule has 1 rings (SSSR count). The zero-order valence-corrected chi connectivity index (χ0v) is 11.4. The molecule has 0 spiro atoms. The molecule has 6 heteroatoms. The first-order valence-electron chi connectivity index (χ1n) is 5.21. The lowest BCUT2D eigenvalue weighted by Gasteiger charge is -2.19. The molecule has 0 aliphatic heterocycles. The van der Waals surface area contributed by atoms with Crippen molar-refractivity contribution in [2.24, 2.45) is 5.92 Å². The summed E-state index contributed by atoms with van der Waals surface area (Å²) >= 11 is 0. The SMILES string of the molecule is [B]c1c([B])c(P)c(C)c(OC(=O)C(C)C)c1[B]. The molecular formula is C11H12B3O2P. The van der Waals surface area contributed by atoms with Gasteiger partial charge in [-0.3, -0.25) is 4.79 Å². The number of hydrogen-bond donors (Lipinski definition) is 0. The van der Waals surface area contributed by atoms with Crippen LogP contribution in [-0.2, 0) is 4.79 Å². The summed E-state index contributed by atoms with van der Waals surface area (Å²) in [6.45, 7) is 5.27. The predicted octanol–water partition coefficient (Wildman–Crippen LogP) is -1.56. The summed E-state index contributed by atoms with van der Waals surface area (Å²) in [6, 6.07) is 0. The van der Waals surface area contributed by atoms with Gasteiger partial charge < -0.3 is 4.74 Å². The zero-order chi connectivity index (χ0) is 13.3. The fourth-order valence-corrected chi connectivity index (χ4v) is 1.58. The van der Waals surface area contributed by atoms with Crippen LogP contribution in [0.15, 0.2) is 0 Å². The van der Waals surface area contributed by atoms with Gasteiger partial charge in [-0.1, -0.05) is 24.8 Å². The average molecular weight is 240 g/mol. The van der Waals surface area contributed by atoms with E-state index >= 15 is 0 Å². The van der Waals surface area contributed by atoms with Crippen molar-refractivity contribution in [3.8, 4) is 5.75 Å². The van der Waals surface area contributed by atoms with Crippen LogP contribution in [0.4, 0.5) is 0 Å². The summed E-state index contributed by atoms with van der Waals surface area (Å²) in [5.41, 5.74) is 1.55. The summed E-state index contributed by atoms with van der Waals surface area (Å²) in [6.07, 6.45) is 0. The van der Waals surface area contributed by atoms with E-state index in [1.165, 1.54) is 0 Å². The number of carbonyl (C=O) groups is 1. The second-order valence-corrected chi connectivity index (χ2v) is 4.76. The Kier molecular flexibility index (Phi) is 4.49. The van der Waals surface area contributed by atoms with Gasteiger partial charge in [-0.25, -0.2) is 0 Å². The third-order valence-corrected chi connectivity index (χ3v) is 3.28. The summed E-state index contributed by atoms with van der Waals surface area (Å²) < 4.78 is 5.24. The molecule has 1 unspecified atom stereocenters. The molecule has 0 aromatic heterocycles. The molecule has 2 nitrogen and oxygen atoms in total. The lowest BCUT2D eigenvalue weighted by molar-refractivity contribution is -0.137. The van der Waals surface area contributed by atoms with Gasteiger partial charge in [-0.05, 0) is 17.8 Å². The van der Waals surface area contributed by atoms with Crippen molar-refractivity contribution in [2.75, 3.05) is 0 Å². The molecule has 1 aromatic carbocycles. The second kappa shape index (κ2) is 5.31. The smallest absolute Gasteiger partial charge is 0.313 e. The minimum atomic E-state index is -0.353. The van der Waals surface area contributed by atoms with Crippen molar-refractivity contribution in [2.45, 2.75) is 20.8 Å². The van der Waals surface area contributed by atoms with E-state index in [4.69, 9.17) is 28.3 Å². The third-order valence-electron chi connectivity index (χ3n) is 2.53. The van der Waals surface area contributed by atoms with Gasteiger partial charge in [0.1, 0.15) is 29.3 Å². The molecule has 0 aliphatic carbocycles. The number of esters is 1. The molecule has 0 saturated heterocycles. The Labute approximate surface area is 108 Å². The van der Waals surface area contributed by atoms with Crippen LogP contribution < -0.4 is 26.4 Å². The van der Waals surface area contributed by atoms with Crippen LogP contribution in [-0.4, -0.2) is 29.5 Å². The Morgan fingerprint density at radius 3 is 2.18 bits per heavy atom. The van der Waals surface area contributed by atoms with Gasteiger partial charge in [0, 0.05) is 0 Å². The van der Waals surface area contributed by atoms with Crippen LogP contribution in [0.1, 0.15) is 19.4 Å². The molecule has 1 aromatic rings. The zero-order valence-electron chi connectivity index (χ0n) is 10.2. The minimum Gasteiger partial charge on any atom is -0.427 e. The van der Waals surface area contributed by atoms with Gasteiger partial charge in [-0.2, -0.15) is 0 Å². The predicted molar refractivity (Wildman–Crippen MR) is 77.2 cm³/mol. The van der Waals surface area contributed by atoms with Crippen LogP contribution in [0.3, 0.4) is 0 Å². The fourth-order valence-electron chi connectivity index (χ4n) is 1.29. The normalized spacial score (nSPS) is 10.6. The van der Waals surface area contributed by atoms with Gasteiger partial charge >= 0.3 is 5.97 Å². The average Bonchev–Trinajstić information content (AvgIpc) is 2.29. The van der Waals surface area contributed by atoms with Gasteiger partial charge in [0.25, 0.3) is 0 Å². The van der Waals surface area contributed by atoms with E-state index in [1.807, 2.05) is 0 Å².